The molecule has 3 nitrogen and oxygen atoms in total. The maximum atomic E-state index is 13.4. The van der Waals surface area contributed by atoms with Gasteiger partial charge in [0.15, 0.2) is 5.82 Å². The van der Waals surface area contributed by atoms with Crippen LogP contribution in [-0.2, 0) is 6.54 Å². The van der Waals surface area contributed by atoms with Gasteiger partial charge in [-0.15, -0.1) is 0 Å². The molecule has 1 aromatic carbocycles. The molecule has 1 aliphatic rings. The molecular formula is C12H14FN3. The van der Waals surface area contributed by atoms with Crippen molar-refractivity contribution >= 4 is 11.0 Å². The molecular weight excluding hydrogens is 205 g/mol. The number of nitrogens with zero attached hydrogens (tertiary/aromatic N) is 2. The number of halogens is 1. The summed E-state index contributed by atoms with van der Waals surface area (Å²) >= 11 is 0. The van der Waals surface area contributed by atoms with Crippen LogP contribution in [0.25, 0.3) is 11.0 Å². The molecule has 4 heteroatoms. The van der Waals surface area contributed by atoms with Gasteiger partial charge in [-0.2, -0.15) is 0 Å². The summed E-state index contributed by atoms with van der Waals surface area (Å²) in [5.41, 5.74) is 1.36. The molecule has 1 saturated heterocycles. The largest absolute Gasteiger partial charge is 0.329 e. The summed E-state index contributed by atoms with van der Waals surface area (Å²) in [6, 6.07) is 5.60. The quantitative estimate of drug-likeness (QED) is 0.836. The maximum absolute atomic E-state index is 13.4. The van der Waals surface area contributed by atoms with Crippen LogP contribution in [0.3, 0.4) is 0 Å². The highest BCUT2D eigenvalue weighted by Gasteiger charge is 2.16. The number of hydrogen-bond acceptors (Lipinski definition) is 2. The van der Waals surface area contributed by atoms with Crippen LogP contribution in [0.2, 0.25) is 0 Å². The van der Waals surface area contributed by atoms with E-state index in [9.17, 15) is 4.39 Å². The van der Waals surface area contributed by atoms with Crippen molar-refractivity contribution < 1.29 is 4.39 Å². The van der Waals surface area contributed by atoms with Gasteiger partial charge in [-0.3, -0.25) is 0 Å². The molecule has 1 N–H and O–H groups in total. The van der Waals surface area contributed by atoms with Crippen LogP contribution >= 0.6 is 0 Å². The summed E-state index contributed by atoms with van der Waals surface area (Å²) in [4.78, 5) is 4.12. The number of fused-ring (bicyclic) bond motifs is 1. The van der Waals surface area contributed by atoms with Crippen LogP contribution in [0.4, 0.5) is 4.39 Å². The molecule has 2 aromatic rings. The predicted octanol–water partition coefficient (Wildman–Crippen LogP) is 1.93. The van der Waals surface area contributed by atoms with Gasteiger partial charge in [0.25, 0.3) is 0 Å². The van der Waals surface area contributed by atoms with Crippen LogP contribution in [0.5, 0.6) is 0 Å². The summed E-state index contributed by atoms with van der Waals surface area (Å²) in [5.74, 6) is -0.240. The van der Waals surface area contributed by atoms with E-state index in [2.05, 4.69) is 10.3 Å². The monoisotopic (exact) mass is 219 g/mol. The van der Waals surface area contributed by atoms with Crippen molar-refractivity contribution in [1.82, 2.24) is 14.9 Å². The highest BCUT2D eigenvalue weighted by Crippen LogP contribution is 2.17. The fourth-order valence-corrected chi connectivity index (χ4v) is 2.35. The van der Waals surface area contributed by atoms with E-state index >= 15 is 0 Å². The first kappa shape index (κ1) is 9.78. The van der Waals surface area contributed by atoms with Crippen LogP contribution in [0.1, 0.15) is 12.8 Å². The highest BCUT2D eigenvalue weighted by atomic mass is 19.1. The van der Waals surface area contributed by atoms with Crippen molar-refractivity contribution in [3.63, 3.8) is 0 Å². The van der Waals surface area contributed by atoms with E-state index in [1.807, 2.05) is 10.6 Å². The van der Waals surface area contributed by atoms with E-state index in [1.54, 1.807) is 12.4 Å². The molecule has 1 unspecified atom stereocenters. The molecule has 1 aromatic heterocycles. The van der Waals surface area contributed by atoms with Crippen molar-refractivity contribution in [3.8, 4) is 0 Å². The minimum absolute atomic E-state index is 0.240. The number of para-hydroxylation sites is 1. The van der Waals surface area contributed by atoms with Crippen molar-refractivity contribution in [1.29, 1.82) is 0 Å². The Morgan fingerprint density at radius 1 is 1.50 bits per heavy atom. The third-order valence-electron chi connectivity index (χ3n) is 3.18. The van der Waals surface area contributed by atoms with Gasteiger partial charge in [-0.1, -0.05) is 6.07 Å². The number of rotatable bonds is 2. The fraction of sp³-hybridized carbons (Fsp3) is 0.417. The Labute approximate surface area is 93.3 Å². The van der Waals surface area contributed by atoms with Crippen molar-refractivity contribution in [2.45, 2.75) is 25.4 Å². The lowest BCUT2D eigenvalue weighted by molar-refractivity contribution is 0.517. The second-order valence-corrected chi connectivity index (χ2v) is 4.30. The summed E-state index contributed by atoms with van der Waals surface area (Å²) in [6.45, 7) is 1.96. The molecule has 0 aliphatic carbocycles. The average molecular weight is 219 g/mol. The molecule has 1 fully saturated rings. The molecule has 2 heterocycles. The SMILES string of the molecule is Fc1cccc2c1ncn2CC1CCCN1. The molecule has 0 amide bonds. The van der Waals surface area contributed by atoms with Crippen LogP contribution in [0.15, 0.2) is 24.5 Å². The van der Waals surface area contributed by atoms with Gasteiger partial charge in [-0.25, -0.2) is 9.37 Å². The molecule has 0 bridgehead atoms. The predicted molar refractivity (Wildman–Crippen MR) is 60.7 cm³/mol. The first-order valence-corrected chi connectivity index (χ1v) is 5.67. The third-order valence-corrected chi connectivity index (χ3v) is 3.18. The van der Waals surface area contributed by atoms with Crippen molar-refractivity contribution in [3.05, 3.63) is 30.3 Å². The standard InChI is InChI=1S/C12H14FN3/c13-10-4-1-5-11-12(10)15-8-16(11)7-9-3-2-6-14-9/h1,4-5,8-9,14H,2-3,6-7H2. The topological polar surface area (TPSA) is 29.9 Å². The van der Waals surface area contributed by atoms with Gasteiger partial charge in [0.1, 0.15) is 5.52 Å². The Balaban J connectivity index is 1.94. The van der Waals surface area contributed by atoms with E-state index < -0.39 is 0 Å². The first-order valence-electron chi connectivity index (χ1n) is 5.67. The Kier molecular flexibility index (Phi) is 2.36. The van der Waals surface area contributed by atoms with Crippen molar-refractivity contribution in [2.24, 2.45) is 0 Å². The Morgan fingerprint density at radius 3 is 3.25 bits per heavy atom. The molecule has 0 radical (unpaired) electrons. The fourth-order valence-electron chi connectivity index (χ4n) is 2.35. The smallest absolute Gasteiger partial charge is 0.151 e. The number of benzene rings is 1. The van der Waals surface area contributed by atoms with Gasteiger partial charge in [0.2, 0.25) is 0 Å². The van der Waals surface area contributed by atoms with Crippen LogP contribution in [-0.4, -0.2) is 22.1 Å². The Hall–Kier alpha value is -1.42. The van der Waals surface area contributed by atoms with E-state index in [-0.39, 0.29) is 5.82 Å². The molecule has 0 spiro atoms. The van der Waals surface area contributed by atoms with E-state index in [4.69, 9.17) is 0 Å². The van der Waals surface area contributed by atoms with Gasteiger partial charge < -0.3 is 9.88 Å². The lowest BCUT2D eigenvalue weighted by Gasteiger charge is -2.11. The van der Waals surface area contributed by atoms with Crippen LogP contribution in [0, 0.1) is 5.82 Å². The zero-order valence-corrected chi connectivity index (χ0v) is 8.99. The molecule has 84 valence electrons. The summed E-state index contributed by atoms with van der Waals surface area (Å²) < 4.78 is 15.5. The Morgan fingerprint density at radius 2 is 2.44 bits per heavy atom. The normalized spacial score (nSPS) is 20.7. The van der Waals surface area contributed by atoms with Gasteiger partial charge in [-0.05, 0) is 31.5 Å². The van der Waals surface area contributed by atoms with Crippen molar-refractivity contribution in [2.75, 3.05) is 6.54 Å². The van der Waals surface area contributed by atoms with Crippen LogP contribution < -0.4 is 5.32 Å². The minimum atomic E-state index is -0.240. The Bertz CT molecular complexity index is 500. The second kappa shape index (κ2) is 3.87. The average Bonchev–Trinajstić information content (AvgIpc) is 2.90. The highest BCUT2D eigenvalue weighted by molar-refractivity contribution is 5.75. The summed E-state index contributed by atoms with van der Waals surface area (Å²) in [6.07, 6.45) is 4.15. The number of imidazole rings is 1. The molecule has 1 aliphatic heterocycles. The van der Waals surface area contributed by atoms with E-state index in [1.165, 1.54) is 18.9 Å². The van der Waals surface area contributed by atoms with E-state index in [0.29, 0.717) is 11.6 Å². The third kappa shape index (κ3) is 1.59. The molecule has 1 atom stereocenters. The number of nitrogens with one attached hydrogen (secondary N) is 1. The lowest BCUT2D eigenvalue weighted by Crippen LogP contribution is -2.26. The summed E-state index contributed by atoms with van der Waals surface area (Å²) in [7, 11) is 0. The number of aromatic nitrogens is 2. The first-order chi connectivity index (χ1) is 7.84. The molecule has 3 rings (SSSR count). The zero-order valence-electron chi connectivity index (χ0n) is 8.99. The lowest BCUT2D eigenvalue weighted by atomic mass is 10.2. The maximum Gasteiger partial charge on any atom is 0.151 e. The van der Waals surface area contributed by atoms with Gasteiger partial charge in [0.05, 0.1) is 11.8 Å². The second-order valence-electron chi connectivity index (χ2n) is 4.30. The van der Waals surface area contributed by atoms with Gasteiger partial charge >= 0.3 is 0 Å². The summed E-state index contributed by atoms with van der Waals surface area (Å²) in [5, 5.41) is 3.43. The molecule has 0 saturated carbocycles. The zero-order chi connectivity index (χ0) is 11.0. The molecule has 16 heavy (non-hydrogen) atoms. The number of hydrogen-bond donors (Lipinski definition) is 1. The minimum Gasteiger partial charge on any atom is -0.329 e. The van der Waals surface area contributed by atoms with E-state index in [0.717, 1.165) is 18.6 Å². The van der Waals surface area contributed by atoms with Gasteiger partial charge in [0, 0.05) is 12.6 Å².